The molecule has 23 heavy (non-hydrogen) atoms. The second-order valence-corrected chi connectivity index (χ2v) is 6.56. The third-order valence-corrected chi connectivity index (χ3v) is 4.86. The van der Waals surface area contributed by atoms with E-state index in [1.54, 1.807) is 0 Å². The summed E-state index contributed by atoms with van der Waals surface area (Å²) in [6.45, 7) is 3.33. The maximum Gasteiger partial charge on any atom is 0.241 e. The molecule has 0 spiro atoms. The molecule has 0 aliphatic carbocycles. The first-order valence-corrected chi connectivity index (χ1v) is 8.19. The number of benzene rings is 1. The number of nitrogens with one attached hydrogen (secondary N) is 1. The molecule has 0 saturated carbocycles. The van der Waals surface area contributed by atoms with Crippen molar-refractivity contribution in [1.82, 2.24) is 10.2 Å². The van der Waals surface area contributed by atoms with Crippen molar-refractivity contribution in [3.05, 3.63) is 29.8 Å². The largest absolute Gasteiger partial charge is 0.378 e. The lowest BCUT2D eigenvalue weighted by atomic mass is 10.1. The van der Waals surface area contributed by atoms with Crippen LogP contribution >= 0.6 is 0 Å². The molecule has 2 amide bonds. The molecule has 0 unspecified atom stereocenters. The van der Waals surface area contributed by atoms with Gasteiger partial charge in [-0.25, -0.2) is 0 Å². The van der Waals surface area contributed by atoms with Gasteiger partial charge in [0.05, 0.1) is 31.7 Å². The molecule has 1 N–H and O–H groups in total. The zero-order chi connectivity index (χ0) is 15.8. The summed E-state index contributed by atoms with van der Waals surface area (Å²) in [6.07, 6.45) is 0.918. The molecule has 6 heteroatoms. The Labute approximate surface area is 135 Å². The third kappa shape index (κ3) is 2.84. The summed E-state index contributed by atoms with van der Waals surface area (Å²) < 4.78 is 5.53. The lowest BCUT2D eigenvalue weighted by Gasteiger charge is -2.28. The van der Waals surface area contributed by atoms with Crippen molar-refractivity contribution >= 4 is 17.5 Å². The van der Waals surface area contributed by atoms with Gasteiger partial charge in [-0.05, 0) is 18.1 Å². The SMILES string of the molecule is O=C1N[C@@H]2COC[C@H]1CN(CC(=O)N1CCc3ccccc31)C2. The van der Waals surface area contributed by atoms with Crippen molar-refractivity contribution in [3.63, 3.8) is 0 Å². The van der Waals surface area contributed by atoms with E-state index >= 15 is 0 Å². The zero-order valence-electron chi connectivity index (χ0n) is 13.0. The average Bonchev–Trinajstić information content (AvgIpc) is 2.80. The second-order valence-electron chi connectivity index (χ2n) is 6.56. The first-order valence-electron chi connectivity index (χ1n) is 8.19. The van der Waals surface area contributed by atoms with E-state index in [4.69, 9.17) is 4.74 Å². The summed E-state index contributed by atoms with van der Waals surface area (Å²) in [5.41, 5.74) is 2.27. The molecular weight excluding hydrogens is 294 g/mol. The monoisotopic (exact) mass is 315 g/mol. The topological polar surface area (TPSA) is 61.9 Å². The van der Waals surface area contributed by atoms with Crippen LogP contribution < -0.4 is 10.2 Å². The van der Waals surface area contributed by atoms with E-state index in [2.05, 4.69) is 16.3 Å². The van der Waals surface area contributed by atoms with Crippen molar-refractivity contribution in [2.24, 2.45) is 5.92 Å². The maximum absolute atomic E-state index is 12.7. The molecule has 1 aromatic carbocycles. The van der Waals surface area contributed by atoms with Crippen LogP contribution in [0.2, 0.25) is 0 Å². The number of hydrogen-bond acceptors (Lipinski definition) is 4. The lowest BCUT2D eigenvalue weighted by molar-refractivity contribution is -0.126. The fourth-order valence-corrected chi connectivity index (χ4v) is 3.72. The minimum atomic E-state index is -0.179. The Balaban J connectivity index is 1.46. The summed E-state index contributed by atoms with van der Waals surface area (Å²) in [5, 5.41) is 3.00. The molecule has 3 heterocycles. The van der Waals surface area contributed by atoms with Gasteiger partial charge < -0.3 is 15.0 Å². The molecule has 2 bridgehead atoms. The number of nitrogens with zero attached hydrogens (tertiary/aromatic N) is 2. The van der Waals surface area contributed by atoms with Crippen LogP contribution in [0.5, 0.6) is 0 Å². The molecule has 2 saturated heterocycles. The molecule has 0 aromatic heterocycles. The number of anilines is 1. The Hall–Kier alpha value is -1.92. The first kappa shape index (κ1) is 14.7. The molecule has 1 aromatic rings. The van der Waals surface area contributed by atoms with Crippen LogP contribution in [0.1, 0.15) is 5.56 Å². The van der Waals surface area contributed by atoms with E-state index in [1.807, 2.05) is 23.1 Å². The van der Waals surface area contributed by atoms with Crippen molar-refractivity contribution in [3.8, 4) is 0 Å². The number of amides is 2. The number of hydrogen-bond donors (Lipinski definition) is 1. The fourth-order valence-electron chi connectivity index (χ4n) is 3.72. The Morgan fingerprint density at radius 2 is 2.13 bits per heavy atom. The second kappa shape index (κ2) is 5.94. The van der Waals surface area contributed by atoms with Crippen molar-refractivity contribution in [2.45, 2.75) is 12.5 Å². The van der Waals surface area contributed by atoms with E-state index in [0.29, 0.717) is 32.8 Å². The maximum atomic E-state index is 12.7. The Kier molecular flexibility index (Phi) is 3.79. The van der Waals surface area contributed by atoms with Gasteiger partial charge in [0.25, 0.3) is 0 Å². The molecule has 3 aliphatic rings. The van der Waals surface area contributed by atoms with Gasteiger partial charge in [0.15, 0.2) is 0 Å². The highest BCUT2D eigenvalue weighted by Gasteiger charge is 2.35. The quantitative estimate of drug-likeness (QED) is 0.836. The van der Waals surface area contributed by atoms with E-state index < -0.39 is 0 Å². The van der Waals surface area contributed by atoms with Gasteiger partial charge in [0.1, 0.15) is 0 Å². The lowest BCUT2D eigenvalue weighted by Crippen LogP contribution is -2.46. The van der Waals surface area contributed by atoms with Crippen LogP contribution in [-0.4, -0.2) is 62.1 Å². The van der Waals surface area contributed by atoms with Gasteiger partial charge in [-0.3, -0.25) is 14.5 Å². The first-order chi connectivity index (χ1) is 11.2. The number of carbonyl (C=O) groups excluding carboxylic acids is 2. The molecule has 2 atom stereocenters. The number of rotatable bonds is 2. The average molecular weight is 315 g/mol. The minimum absolute atomic E-state index is 0.0198. The Morgan fingerprint density at radius 1 is 1.26 bits per heavy atom. The Bertz CT molecular complexity index is 633. The number of para-hydroxylation sites is 1. The highest BCUT2D eigenvalue weighted by Crippen LogP contribution is 2.27. The van der Waals surface area contributed by atoms with Crippen molar-refractivity contribution < 1.29 is 14.3 Å². The van der Waals surface area contributed by atoms with Gasteiger partial charge in [0, 0.05) is 25.3 Å². The van der Waals surface area contributed by atoms with E-state index in [9.17, 15) is 9.59 Å². The standard InChI is InChI=1S/C17H21N3O3/c21-16(20-6-5-12-3-1-2-4-15(12)20)9-19-7-13-10-23-11-14(8-19)18-17(13)22/h1-4,13-14H,5-11H2,(H,18,22)/t13-,14+/m1/s1. The Morgan fingerprint density at radius 3 is 3.04 bits per heavy atom. The van der Waals surface area contributed by atoms with Gasteiger partial charge in [0.2, 0.25) is 11.8 Å². The normalized spacial score (nSPS) is 27.3. The van der Waals surface area contributed by atoms with Crippen LogP contribution in [0.15, 0.2) is 24.3 Å². The smallest absolute Gasteiger partial charge is 0.241 e. The summed E-state index contributed by atoms with van der Waals surface area (Å²) in [4.78, 5) is 28.7. The van der Waals surface area contributed by atoms with Gasteiger partial charge in [-0.15, -0.1) is 0 Å². The molecule has 3 aliphatic heterocycles. The van der Waals surface area contributed by atoms with Gasteiger partial charge in [-0.2, -0.15) is 0 Å². The predicted octanol–water partition coefficient (Wildman–Crippen LogP) is 0.0225. The zero-order valence-corrected chi connectivity index (χ0v) is 13.0. The van der Waals surface area contributed by atoms with Crippen LogP contribution in [0.3, 0.4) is 0 Å². The molecule has 0 radical (unpaired) electrons. The van der Waals surface area contributed by atoms with Crippen molar-refractivity contribution in [2.75, 3.05) is 44.3 Å². The van der Waals surface area contributed by atoms with Gasteiger partial charge in [-0.1, -0.05) is 18.2 Å². The van der Waals surface area contributed by atoms with E-state index in [0.717, 1.165) is 18.7 Å². The van der Waals surface area contributed by atoms with Gasteiger partial charge >= 0.3 is 0 Å². The third-order valence-electron chi connectivity index (χ3n) is 4.86. The number of carbonyl (C=O) groups is 2. The van der Waals surface area contributed by atoms with Crippen molar-refractivity contribution in [1.29, 1.82) is 0 Å². The number of fused-ring (bicyclic) bond motifs is 4. The van der Waals surface area contributed by atoms with Crippen LogP contribution in [0.25, 0.3) is 0 Å². The fraction of sp³-hybridized carbons (Fsp3) is 0.529. The van der Waals surface area contributed by atoms with Crippen LogP contribution in [-0.2, 0) is 20.7 Å². The summed E-state index contributed by atoms with van der Waals surface area (Å²) in [6, 6.07) is 8.06. The predicted molar refractivity (Wildman–Crippen MR) is 85.2 cm³/mol. The summed E-state index contributed by atoms with van der Waals surface area (Å²) >= 11 is 0. The highest BCUT2D eigenvalue weighted by molar-refractivity contribution is 5.96. The molecular formula is C17H21N3O3. The molecule has 4 rings (SSSR count). The summed E-state index contributed by atoms with van der Waals surface area (Å²) in [7, 11) is 0. The molecule has 122 valence electrons. The summed E-state index contributed by atoms with van der Waals surface area (Å²) in [5.74, 6) is -0.0153. The highest BCUT2D eigenvalue weighted by atomic mass is 16.5. The van der Waals surface area contributed by atoms with Crippen LogP contribution in [0, 0.1) is 5.92 Å². The molecule has 6 nitrogen and oxygen atoms in total. The number of ether oxygens (including phenoxy) is 1. The van der Waals surface area contributed by atoms with Crippen LogP contribution in [0.4, 0.5) is 5.69 Å². The van der Waals surface area contributed by atoms with E-state index in [-0.39, 0.29) is 23.8 Å². The molecule has 2 fully saturated rings. The van der Waals surface area contributed by atoms with E-state index in [1.165, 1.54) is 5.56 Å². The minimum Gasteiger partial charge on any atom is -0.378 e.